The number of ketones is 1. The molecule has 0 spiro atoms. The van der Waals surface area contributed by atoms with Gasteiger partial charge in [-0.05, 0) is 35.1 Å². The van der Waals surface area contributed by atoms with Crippen LogP contribution in [0.2, 0.25) is 0 Å². The van der Waals surface area contributed by atoms with Crippen LogP contribution in [0.15, 0.2) is 77.3 Å². The Morgan fingerprint density at radius 3 is 2.39 bits per heavy atom. The lowest BCUT2D eigenvalue weighted by atomic mass is 9.69. The first kappa shape index (κ1) is 22.6. The predicted octanol–water partition coefficient (Wildman–Crippen LogP) is 4.48. The van der Waals surface area contributed by atoms with Crippen LogP contribution in [0.4, 0.5) is 0 Å². The van der Waals surface area contributed by atoms with Crippen molar-refractivity contribution in [2.75, 3.05) is 14.1 Å². The summed E-state index contributed by atoms with van der Waals surface area (Å²) in [5.74, 6) is 0.700. The van der Waals surface area contributed by atoms with Gasteiger partial charge in [-0.25, -0.2) is 5.01 Å². The highest BCUT2D eigenvalue weighted by Gasteiger charge is 2.44. The third-order valence-electron chi connectivity index (χ3n) is 6.22. The maximum Gasteiger partial charge on any atom is 0.162 e. The van der Waals surface area contributed by atoms with Crippen LogP contribution in [0.1, 0.15) is 43.7 Å². The number of hydrogen-bond donors (Lipinski definition) is 1. The van der Waals surface area contributed by atoms with Crippen molar-refractivity contribution in [2.45, 2.75) is 39.2 Å². The second kappa shape index (κ2) is 8.76. The number of hydrazine groups is 1. The van der Waals surface area contributed by atoms with E-state index in [1.165, 1.54) is 0 Å². The van der Waals surface area contributed by atoms with Gasteiger partial charge in [0, 0.05) is 31.8 Å². The number of nitrogens with zero attached hydrogens (tertiary/aromatic N) is 3. The molecule has 0 bridgehead atoms. The van der Waals surface area contributed by atoms with Crippen LogP contribution in [0, 0.1) is 16.7 Å². The molecule has 1 aliphatic heterocycles. The van der Waals surface area contributed by atoms with Gasteiger partial charge in [0.15, 0.2) is 5.78 Å². The molecule has 4 rings (SSSR count). The van der Waals surface area contributed by atoms with Gasteiger partial charge < -0.3 is 10.5 Å². The van der Waals surface area contributed by atoms with E-state index in [-0.39, 0.29) is 11.2 Å². The first-order valence-corrected chi connectivity index (χ1v) is 11.1. The molecule has 1 heterocycles. The minimum absolute atomic E-state index is 0.0720. The molecule has 0 aromatic heterocycles. The summed E-state index contributed by atoms with van der Waals surface area (Å²) in [6.07, 6.45) is 1.15. The Hall–Kier alpha value is -3.56. The van der Waals surface area contributed by atoms with Gasteiger partial charge in [0.05, 0.1) is 17.6 Å². The molecule has 1 unspecified atom stereocenters. The third-order valence-corrected chi connectivity index (χ3v) is 6.22. The molecule has 33 heavy (non-hydrogen) atoms. The van der Waals surface area contributed by atoms with Crippen LogP contribution >= 0.6 is 0 Å². The molecule has 0 radical (unpaired) electrons. The van der Waals surface area contributed by atoms with E-state index in [0.717, 1.165) is 22.6 Å². The molecule has 6 heteroatoms. The maximum atomic E-state index is 13.4. The molecule has 0 fully saturated rings. The van der Waals surface area contributed by atoms with Crippen molar-refractivity contribution in [1.29, 1.82) is 5.26 Å². The number of allylic oxidation sites excluding steroid dienone is 3. The molecule has 2 aromatic rings. The van der Waals surface area contributed by atoms with E-state index in [9.17, 15) is 10.1 Å². The summed E-state index contributed by atoms with van der Waals surface area (Å²) in [5, 5.41) is 13.7. The zero-order chi connectivity index (χ0) is 23.8. The topological polar surface area (TPSA) is 82.6 Å². The molecule has 0 saturated carbocycles. The minimum Gasteiger partial charge on any atom is -0.489 e. The highest BCUT2D eigenvalue weighted by Crippen LogP contribution is 2.49. The number of Topliss-reactive ketones (excluding diaryl/α,β-unsaturated/α-hetero) is 1. The zero-order valence-corrected chi connectivity index (χ0v) is 19.6. The summed E-state index contributed by atoms with van der Waals surface area (Å²) in [6, 6.07) is 19.9. The normalized spacial score (nSPS) is 20.1. The van der Waals surface area contributed by atoms with Crippen LogP contribution < -0.4 is 10.5 Å². The summed E-state index contributed by atoms with van der Waals surface area (Å²) in [5.41, 5.74) is 10.2. The van der Waals surface area contributed by atoms with Crippen molar-refractivity contribution in [3.05, 3.63) is 88.4 Å². The first-order chi connectivity index (χ1) is 15.7. The van der Waals surface area contributed by atoms with E-state index in [4.69, 9.17) is 10.5 Å². The molecular formula is C27H30N4O2. The third kappa shape index (κ3) is 4.37. The Morgan fingerprint density at radius 1 is 1.12 bits per heavy atom. The average Bonchev–Trinajstić information content (AvgIpc) is 2.77. The second-order valence-electron chi connectivity index (χ2n) is 9.65. The van der Waals surface area contributed by atoms with Gasteiger partial charge in [-0.15, -0.1) is 0 Å². The fourth-order valence-electron chi connectivity index (χ4n) is 4.78. The van der Waals surface area contributed by atoms with E-state index in [2.05, 4.69) is 19.9 Å². The van der Waals surface area contributed by atoms with Crippen molar-refractivity contribution < 1.29 is 9.53 Å². The second-order valence-corrected chi connectivity index (χ2v) is 9.65. The molecular weight excluding hydrogens is 412 g/mol. The molecule has 0 amide bonds. The van der Waals surface area contributed by atoms with Crippen LogP contribution in [-0.2, 0) is 11.4 Å². The Balaban J connectivity index is 1.71. The van der Waals surface area contributed by atoms with Crippen LogP contribution in [0.5, 0.6) is 5.75 Å². The number of rotatable bonds is 5. The highest BCUT2D eigenvalue weighted by molar-refractivity contribution is 6.00. The summed E-state index contributed by atoms with van der Waals surface area (Å²) in [4.78, 5) is 13.4. The molecule has 1 atom stereocenters. The fourth-order valence-corrected chi connectivity index (χ4v) is 4.78. The van der Waals surface area contributed by atoms with Gasteiger partial charge in [0.25, 0.3) is 0 Å². The number of nitriles is 1. The van der Waals surface area contributed by atoms with E-state index in [1.54, 1.807) is 0 Å². The largest absolute Gasteiger partial charge is 0.489 e. The number of carbonyl (C=O) groups excluding carboxylic acids is 1. The summed E-state index contributed by atoms with van der Waals surface area (Å²) in [6.45, 7) is 4.66. The van der Waals surface area contributed by atoms with E-state index < -0.39 is 5.92 Å². The minimum atomic E-state index is -0.479. The number of ether oxygens (including phenoxy) is 1. The van der Waals surface area contributed by atoms with Crippen molar-refractivity contribution >= 4 is 5.78 Å². The van der Waals surface area contributed by atoms with Crippen molar-refractivity contribution in [1.82, 2.24) is 10.0 Å². The van der Waals surface area contributed by atoms with Crippen LogP contribution in [-0.4, -0.2) is 29.9 Å². The van der Waals surface area contributed by atoms with Gasteiger partial charge in [0.2, 0.25) is 0 Å². The molecule has 170 valence electrons. The summed E-state index contributed by atoms with van der Waals surface area (Å²) < 4.78 is 5.92. The Bertz CT molecular complexity index is 1150. The Kier molecular flexibility index (Phi) is 6.01. The zero-order valence-electron chi connectivity index (χ0n) is 19.6. The number of carbonyl (C=O) groups is 1. The first-order valence-electron chi connectivity index (χ1n) is 11.1. The Morgan fingerprint density at radius 2 is 1.79 bits per heavy atom. The van der Waals surface area contributed by atoms with Crippen LogP contribution in [0.3, 0.4) is 0 Å². The number of nitrogens with two attached hydrogens (primary N) is 1. The predicted molar refractivity (Wildman–Crippen MR) is 127 cm³/mol. The van der Waals surface area contributed by atoms with Gasteiger partial charge in [0.1, 0.15) is 18.2 Å². The smallest absolute Gasteiger partial charge is 0.162 e. The molecule has 2 N–H and O–H groups in total. The van der Waals surface area contributed by atoms with Gasteiger partial charge >= 0.3 is 0 Å². The monoisotopic (exact) mass is 442 g/mol. The van der Waals surface area contributed by atoms with Crippen molar-refractivity contribution in [3.63, 3.8) is 0 Å². The standard InChI is InChI=1S/C27H30N4O2/c1-27(2)14-22-25(23(32)15-27)24(21(16-28)26(29)31(22)30(3)4)19-10-12-20(13-11-19)33-17-18-8-6-5-7-9-18/h5-13,24H,14-15,17,29H2,1-4H3. The average molecular weight is 443 g/mol. The summed E-state index contributed by atoms with van der Waals surface area (Å²) >= 11 is 0. The van der Waals surface area contributed by atoms with Crippen LogP contribution in [0.25, 0.3) is 0 Å². The summed E-state index contributed by atoms with van der Waals surface area (Å²) in [7, 11) is 3.75. The molecule has 6 nitrogen and oxygen atoms in total. The van der Waals surface area contributed by atoms with Crippen molar-refractivity contribution in [2.24, 2.45) is 11.1 Å². The van der Waals surface area contributed by atoms with Gasteiger partial charge in [-0.3, -0.25) is 9.80 Å². The molecule has 1 aliphatic carbocycles. The molecule has 2 aromatic carbocycles. The van der Waals surface area contributed by atoms with E-state index in [1.807, 2.05) is 78.7 Å². The number of benzene rings is 2. The quantitative estimate of drug-likeness (QED) is 0.735. The fraction of sp³-hybridized carbons (Fsp3) is 0.333. The Labute approximate surface area is 195 Å². The highest BCUT2D eigenvalue weighted by atomic mass is 16.5. The van der Waals surface area contributed by atoms with Crippen molar-refractivity contribution in [3.8, 4) is 11.8 Å². The maximum absolute atomic E-state index is 13.4. The molecule has 0 saturated heterocycles. The van der Waals surface area contributed by atoms with Gasteiger partial charge in [-0.1, -0.05) is 56.3 Å². The lowest BCUT2D eigenvalue weighted by Crippen LogP contribution is -2.47. The van der Waals surface area contributed by atoms with Gasteiger partial charge in [-0.2, -0.15) is 5.26 Å². The number of hydrogen-bond acceptors (Lipinski definition) is 6. The lowest BCUT2D eigenvalue weighted by Gasteiger charge is -2.45. The van der Waals surface area contributed by atoms with E-state index in [0.29, 0.717) is 36.4 Å². The lowest BCUT2D eigenvalue weighted by molar-refractivity contribution is -0.119. The molecule has 2 aliphatic rings. The van der Waals surface area contributed by atoms with E-state index >= 15 is 0 Å². The SMILES string of the molecule is CN(C)N1C(N)=C(C#N)C(c2ccc(OCc3ccccc3)cc2)C2=C1CC(C)(C)CC2=O.